The van der Waals surface area contributed by atoms with Crippen molar-refractivity contribution in [1.82, 2.24) is 4.98 Å². The van der Waals surface area contributed by atoms with Crippen molar-refractivity contribution in [3.63, 3.8) is 0 Å². The molecule has 0 radical (unpaired) electrons. The summed E-state index contributed by atoms with van der Waals surface area (Å²) in [4.78, 5) is 15.4. The Morgan fingerprint density at radius 3 is 2.87 bits per heavy atom. The van der Waals surface area contributed by atoms with Gasteiger partial charge in [-0.15, -0.1) is 11.6 Å². The van der Waals surface area contributed by atoms with E-state index in [1.165, 1.54) is 0 Å². The summed E-state index contributed by atoms with van der Waals surface area (Å²) >= 11 is 9.02. The number of carbonyl (C=O) groups is 1. The molecule has 0 aromatic carbocycles. The lowest BCUT2D eigenvalue weighted by atomic mass is 9.94. The molecule has 1 atom stereocenters. The lowest BCUT2D eigenvalue weighted by molar-refractivity contribution is -0.120. The molecule has 1 aromatic rings. The number of rotatable bonds is 5. The molecule has 0 saturated heterocycles. The SMILES string of the molecule is CC(=O)C(CCCl)Cc1cncc(Br)c1. The first kappa shape index (κ1) is 12.7. The summed E-state index contributed by atoms with van der Waals surface area (Å²) in [6.45, 7) is 1.61. The van der Waals surface area contributed by atoms with E-state index in [2.05, 4.69) is 20.9 Å². The highest BCUT2D eigenvalue weighted by atomic mass is 79.9. The van der Waals surface area contributed by atoms with Crippen molar-refractivity contribution in [3.05, 3.63) is 28.5 Å². The van der Waals surface area contributed by atoms with E-state index >= 15 is 0 Å². The minimum absolute atomic E-state index is 0.0126. The highest BCUT2D eigenvalue weighted by Crippen LogP contribution is 2.16. The number of halogens is 2. The van der Waals surface area contributed by atoms with Gasteiger partial charge in [0.15, 0.2) is 0 Å². The Morgan fingerprint density at radius 2 is 2.33 bits per heavy atom. The number of carbonyl (C=O) groups excluding carboxylic acids is 1. The lowest BCUT2D eigenvalue weighted by Gasteiger charge is -2.11. The maximum absolute atomic E-state index is 11.3. The molecule has 0 aliphatic carbocycles. The van der Waals surface area contributed by atoms with Crippen molar-refractivity contribution in [2.45, 2.75) is 19.8 Å². The zero-order valence-electron chi connectivity index (χ0n) is 8.54. The van der Waals surface area contributed by atoms with E-state index in [1.807, 2.05) is 6.07 Å². The molecule has 1 heterocycles. The Balaban J connectivity index is 2.69. The Labute approximate surface area is 103 Å². The number of nitrogens with zero attached hydrogens (tertiary/aromatic N) is 1. The van der Waals surface area contributed by atoms with Crippen LogP contribution in [0.4, 0.5) is 0 Å². The van der Waals surface area contributed by atoms with Crippen molar-refractivity contribution >= 4 is 33.3 Å². The summed E-state index contributed by atoms with van der Waals surface area (Å²) < 4.78 is 0.938. The molecule has 2 nitrogen and oxygen atoms in total. The normalized spacial score (nSPS) is 12.5. The van der Waals surface area contributed by atoms with Gasteiger partial charge in [-0.1, -0.05) is 0 Å². The molecular weight excluding hydrogens is 277 g/mol. The Hall–Kier alpha value is -0.410. The van der Waals surface area contributed by atoms with Crippen LogP contribution in [0, 0.1) is 5.92 Å². The van der Waals surface area contributed by atoms with Crippen molar-refractivity contribution < 1.29 is 4.79 Å². The average molecular weight is 291 g/mol. The molecule has 1 rings (SSSR count). The molecule has 0 spiro atoms. The largest absolute Gasteiger partial charge is 0.300 e. The average Bonchev–Trinajstić information content (AvgIpc) is 2.17. The molecular formula is C11H13BrClNO. The number of ketones is 1. The highest BCUT2D eigenvalue weighted by Gasteiger charge is 2.14. The maximum atomic E-state index is 11.3. The third-order valence-corrected chi connectivity index (χ3v) is 2.93. The molecule has 1 unspecified atom stereocenters. The molecule has 15 heavy (non-hydrogen) atoms. The number of alkyl halides is 1. The fourth-order valence-corrected chi connectivity index (χ4v) is 2.11. The number of hydrogen-bond acceptors (Lipinski definition) is 2. The zero-order chi connectivity index (χ0) is 11.3. The first-order valence-corrected chi connectivity index (χ1v) is 6.12. The van der Waals surface area contributed by atoms with Gasteiger partial charge >= 0.3 is 0 Å². The standard InChI is InChI=1S/C11H13BrClNO/c1-8(15)10(2-3-13)4-9-5-11(12)7-14-6-9/h5-7,10H,2-4H2,1H3. The van der Waals surface area contributed by atoms with Crippen LogP contribution in [0.25, 0.3) is 0 Å². The molecule has 0 aliphatic rings. The number of pyridine rings is 1. The molecule has 0 amide bonds. The molecule has 0 bridgehead atoms. The second-order valence-corrected chi connectivity index (χ2v) is 4.79. The number of Topliss-reactive ketones (excluding diaryl/α,β-unsaturated/α-hetero) is 1. The van der Waals surface area contributed by atoms with Gasteiger partial charge in [0, 0.05) is 28.7 Å². The van der Waals surface area contributed by atoms with Gasteiger partial charge in [-0.3, -0.25) is 9.78 Å². The van der Waals surface area contributed by atoms with Gasteiger partial charge in [0.25, 0.3) is 0 Å². The highest BCUT2D eigenvalue weighted by molar-refractivity contribution is 9.10. The summed E-state index contributed by atoms with van der Waals surface area (Å²) in [5, 5.41) is 0. The van der Waals surface area contributed by atoms with E-state index in [4.69, 9.17) is 11.6 Å². The quantitative estimate of drug-likeness (QED) is 0.779. The van der Waals surface area contributed by atoms with Crippen LogP contribution in [0.2, 0.25) is 0 Å². The lowest BCUT2D eigenvalue weighted by Crippen LogP contribution is -2.14. The third-order valence-electron chi connectivity index (χ3n) is 2.28. The number of hydrogen-bond donors (Lipinski definition) is 0. The van der Waals surface area contributed by atoms with Crippen LogP contribution < -0.4 is 0 Å². The van der Waals surface area contributed by atoms with Crippen molar-refractivity contribution in [2.24, 2.45) is 5.92 Å². The summed E-state index contributed by atoms with van der Waals surface area (Å²) in [6, 6.07) is 1.98. The van der Waals surface area contributed by atoms with Gasteiger partial charge in [-0.25, -0.2) is 0 Å². The third kappa shape index (κ3) is 4.31. The molecule has 0 N–H and O–H groups in total. The fraction of sp³-hybridized carbons (Fsp3) is 0.455. The zero-order valence-corrected chi connectivity index (χ0v) is 10.9. The van der Waals surface area contributed by atoms with E-state index < -0.39 is 0 Å². The van der Waals surface area contributed by atoms with E-state index in [9.17, 15) is 4.79 Å². The van der Waals surface area contributed by atoms with Crippen LogP contribution >= 0.6 is 27.5 Å². The van der Waals surface area contributed by atoms with Gasteiger partial charge < -0.3 is 0 Å². The first-order valence-electron chi connectivity index (χ1n) is 4.79. The van der Waals surface area contributed by atoms with Crippen LogP contribution in [-0.4, -0.2) is 16.6 Å². The van der Waals surface area contributed by atoms with E-state index in [0.29, 0.717) is 12.3 Å². The van der Waals surface area contributed by atoms with E-state index in [-0.39, 0.29) is 11.7 Å². The predicted molar refractivity (Wildman–Crippen MR) is 65.1 cm³/mol. The van der Waals surface area contributed by atoms with Crippen LogP contribution in [0.5, 0.6) is 0 Å². The van der Waals surface area contributed by atoms with E-state index in [0.717, 1.165) is 16.5 Å². The molecule has 0 fully saturated rings. The minimum atomic E-state index is 0.0126. The monoisotopic (exact) mass is 289 g/mol. The molecule has 4 heteroatoms. The summed E-state index contributed by atoms with van der Waals surface area (Å²) in [7, 11) is 0. The van der Waals surface area contributed by atoms with Crippen molar-refractivity contribution in [3.8, 4) is 0 Å². The number of aromatic nitrogens is 1. The Bertz CT molecular complexity index is 343. The molecule has 1 aromatic heterocycles. The van der Waals surface area contributed by atoms with Crippen LogP contribution in [0.3, 0.4) is 0 Å². The topological polar surface area (TPSA) is 30.0 Å². The fourth-order valence-electron chi connectivity index (χ4n) is 1.43. The van der Waals surface area contributed by atoms with Crippen LogP contribution in [0.15, 0.2) is 22.9 Å². The maximum Gasteiger partial charge on any atom is 0.133 e. The first-order chi connectivity index (χ1) is 7.13. The van der Waals surface area contributed by atoms with Crippen molar-refractivity contribution in [1.29, 1.82) is 0 Å². The van der Waals surface area contributed by atoms with Gasteiger partial charge in [0.05, 0.1) is 0 Å². The van der Waals surface area contributed by atoms with Gasteiger partial charge in [-0.2, -0.15) is 0 Å². The summed E-state index contributed by atoms with van der Waals surface area (Å²) in [5.41, 5.74) is 1.06. The Kier molecular flexibility index (Phi) is 5.26. The van der Waals surface area contributed by atoms with Crippen molar-refractivity contribution in [2.75, 3.05) is 5.88 Å². The predicted octanol–water partition coefficient (Wildman–Crippen LogP) is 3.22. The minimum Gasteiger partial charge on any atom is -0.300 e. The molecule has 0 saturated carbocycles. The van der Waals surface area contributed by atoms with Gasteiger partial charge in [0.2, 0.25) is 0 Å². The Morgan fingerprint density at radius 1 is 1.60 bits per heavy atom. The second kappa shape index (κ2) is 6.23. The van der Waals surface area contributed by atoms with Crippen LogP contribution in [-0.2, 0) is 11.2 Å². The van der Waals surface area contributed by atoms with Crippen LogP contribution in [0.1, 0.15) is 18.9 Å². The van der Waals surface area contributed by atoms with Gasteiger partial charge in [0.1, 0.15) is 5.78 Å². The summed E-state index contributed by atoms with van der Waals surface area (Å²) in [6.07, 6.45) is 4.96. The smallest absolute Gasteiger partial charge is 0.133 e. The second-order valence-electron chi connectivity index (χ2n) is 3.50. The molecule has 0 aliphatic heterocycles. The van der Waals surface area contributed by atoms with Gasteiger partial charge in [-0.05, 0) is 47.3 Å². The summed E-state index contributed by atoms with van der Waals surface area (Å²) in [5.74, 6) is 0.723. The molecule has 82 valence electrons. The van der Waals surface area contributed by atoms with E-state index in [1.54, 1.807) is 19.3 Å².